The number of hydrogen-bond donors (Lipinski definition) is 2. The topological polar surface area (TPSA) is 35.9 Å². The average molecular weight is 197 g/mol. The summed E-state index contributed by atoms with van der Waals surface area (Å²) in [6.07, 6.45) is 0.744. The third kappa shape index (κ3) is 3.47. The van der Waals surface area contributed by atoms with Crippen molar-refractivity contribution >= 4 is 17.4 Å². The first-order valence-corrected chi connectivity index (χ1v) is 4.66. The van der Waals surface area contributed by atoms with E-state index in [4.69, 9.17) is 17.0 Å². The summed E-state index contributed by atoms with van der Waals surface area (Å²) in [6.45, 7) is 2.65. The molecule has 0 unspecified atom stereocenters. The summed E-state index contributed by atoms with van der Waals surface area (Å²) >= 11 is 5.74. The SMILES string of the molecule is CCC(=N)NCc1ccc(Cl)cc1. The van der Waals surface area contributed by atoms with Crippen LogP contribution < -0.4 is 5.32 Å². The van der Waals surface area contributed by atoms with Gasteiger partial charge in [-0.05, 0) is 17.7 Å². The molecule has 3 heteroatoms. The van der Waals surface area contributed by atoms with Gasteiger partial charge in [-0.25, -0.2) is 0 Å². The lowest BCUT2D eigenvalue weighted by Gasteiger charge is -2.05. The highest BCUT2D eigenvalue weighted by molar-refractivity contribution is 6.30. The zero-order chi connectivity index (χ0) is 9.68. The van der Waals surface area contributed by atoms with Crippen LogP contribution in [0.4, 0.5) is 0 Å². The van der Waals surface area contributed by atoms with E-state index >= 15 is 0 Å². The molecule has 0 aliphatic heterocycles. The van der Waals surface area contributed by atoms with Gasteiger partial charge in [0.1, 0.15) is 0 Å². The van der Waals surface area contributed by atoms with E-state index in [9.17, 15) is 0 Å². The van der Waals surface area contributed by atoms with Crippen LogP contribution in [0, 0.1) is 5.41 Å². The van der Waals surface area contributed by atoms with Gasteiger partial charge in [0.05, 0.1) is 5.84 Å². The van der Waals surface area contributed by atoms with E-state index < -0.39 is 0 Å². The van der Waals surface area contributed by atoms with Gasteiger partial charge in [0.2, 0.25) is 0 Å². The number of nitrogens with one attached hydrogen (secondary N) is 2. The van der Waals surface area contributed by atoms with Crippen LogP contribution in [-0.2, 0) is 6.54 Å². The molecule has 1 rings (SSSR count). The van der Waals surface area contributed by atoms with Crippen LogP contribution in [0.25, 0.3) is 0 Å². The Morgan fingerprint density at radius 3 is 2.54 bits per heavy atom. The van der Waals surface area contributed by atoms with Crippen molar-refractivity contribution in [1.82, 2.24) is 5.32 Å². The van der Waals surface area contributed by atoms with Crippen LogP contribution in [0.1, 0.15) is 18.9 Å². The molecule has 0 atom stereocenters. The number of rotatable bonds is 3. The molecule has 2 N–H and O–H groups in total. The zero-order valence-electron chi connectivity index (χ0n) is 7.60. The van der Waals surface area contributed by atoms with Gasteiger partial charge in [-0.1, -0.05) is 30.7 Å². The lowest BCUT2D eigenvalue weighted by atomic mass is 10.2. The summed E-state index contributed by atoms with van der Waals surface area (Å²) in [7, 11) is 0. The van der Waals surface area contributed by atoms with Gasteiger partial charge in [-0.2, -0.15) is 0 Å². The molecule has 0 saturated heterocycles. The fourth-order valence-electron chi connectivity index (χ4n) is 0.936. The molecule has 0 heterocycles. The van der Waals surface area contributed by atoms with Gasteiger partial charge >= 0.3 is 0 Å². The van der Waals surface area contributed by atoms with Gasteiger partial charge in [-0.3, -0.25) is 5.41 Å². The Hall–Kier alpha value is -1.02. The third-order valence-electron chi connectivity index (χ3n) is 1.77. The third-order valence-corrected chi connectivity index (χ3v) is 2.02. The summed E-state index contributed by atoms with van der Waals surface area (Å²) in [5.41, 5.74) is 1.14. The van der Waals surface area contributed by atoms with Crippen molar-refractivity contribution in [3.63, 3.8) is 0 Å². The molecule has 0 spiro atoms. The minimum atomic E-state index is 0.565. The van der Waals surface area contributed by atoms with Gasteiger partial charge < -0.3 is 5.32 Å². The zero-order valence-corrected chi connectivity index (χ0v) is 8.36. The standard InChI is InChI=1S/C10H13ClN2/c1-2-10(12)13-7-8-3-5-9(11)6-4-8/h3-6H,2,7H2,1H3,(H2,12,13). The summed E-state index contributed by atoms with van der Waals surface area (Å²) in [4.78, 5) is 0. The van der Waals surface area contributed by atoms with Crippen LogP contribution in [0.3, 0.4) is 0 Å². The van der Waals surface area contributed by atoms with Gasteiger partial charge in [0.25, 0.3) is 0 Å². The number of benzene rings is 1. The van der Waals surface area contributed by atoms with Crippen molar-refractivity contribution in [2.75, 3.05) is 0 Å². The molecule has 0 amide bonds. The molecule has 0 bridgehead atoms. The molecule has 0 aromatic heterocycles. The average Bonchev–Trinajstić information content (AvgIpc) is 2.16. The highest BCUT2D eigenvalue weighted by Gasteiger charge is 1.94. The minimum Gasteiger partial charge on any atom is -0.370 e. The smallest absolute Gasteiger partial charge is 0.0931 e. The van der Waals surface area contributed by atoms with Crippen LogP contribution in [0.15, 0.2) is 24.3 Å². The second kappa shape index (κ2) is 4.87. The molecular weight excluding hydrogens is 184 g/mol. The predicted molar refractivity (Wildman–Crippen MR) is 56.3 cm³/mol. The van der Waals surface area contributed by atoms with E-state index in [1.807, 2.05) is 31.2 Å². The Morgan fingerprint density at radius 2 is 2.00 bits per heavy atom. The van der Waals surface area contributed by atoms with Crippen LogP contribution in [0.5, 0.6) is 0 Å². The highest BCUT2D eigenvalue weighted by atomic mass is 35.5. The molecule has 13 heavy (non-hydrogen) atoms. The summed E-state index contributed by atoms with van der Waals surface area (Å²) in [5, 5.41) is 11.1. The molecule has 2 nitrogen and oxygen atoms in total. The van der Waals surface area contributed by atoms with Gasteiger partial charge in [0, 0.05) is 18.0 Å². The molecular formula is C10H13ClN2. The van der Waals surface area contributed by atoms with Crippen molar-refractivity contribution in [3.05, 3.63) is 34.9 Å². The Kier molecular flexibility index (Phi) is 3.77. The fourth-order valence-corrected chi connectivity index (χ4v) is 1.06. The van der Waals surface area contributed by atoms with E-state index in [0.717, 1.165) is 17.0 Å². The Morgan fingerprint density at radius 1 is 1.38 bits per heavy atom. The second-order valence-corrected chi connectivity index (χ2v) is 3.25. The van der Waals surface area contributed by atoms with E-state index in [2.05, 4.69) is 5.32 Å². The summed E-state index contributed by atoms with van der Waals surface area (Å²) < 4.78 is 0. The summed E-state index contributed by atoms with van der Waals surface area (Å²) in [5.74, 6) is 0.565. The maximum Gasteiger partial charge on any atom is 0.0931 e. The van der Waals surface area contributed by atoms with Crippen LogP contribution in [0.2, 0.25) is 5.02 Å². The molecule has 1 aromatic rings. The monoisotopic (exact) mass is 196 g/mol. The molecule has 0 radical (unpaired) electrons. The fraction of sp³-hybridized carbons (Fsp3) is 0.300. The highest BCUT2D eigenvalue weighted by Crippen LogP contribution is 2.08. The maximum absolute atomic E-state index is 7.39. The predicted octanol–water partition coefficient (Wildman–Crippen LogP) is 2.82. The lowest BCUT2D eigenvalue weighted by Crippen LogP contribution is -2.20. The van der Waals surface area contributed by atoms with Crippen molar-refractivity contribution < 1.29 is 0 Å². The van der Waals surface area contributed by atoms with Gasteiger partial charge in [-0.15, -0.1) is 0 Å². The Bertz CT molecular complexity index is 279. The first kappa shape index (κ1) is 10.1. The molecule has 1 aromatic carbocycles. The van der Waals surface area contributed by atoms with Crippen molar-refractivity contribution in [1.29, 1.82) is 5.41 Å². The lowest BCUT2D eigenvalue weighted by molar-refractivity contribution is 0.881. The Labute approximate surface area is 83.4 Å². The first-order chi connectivity index (χ1) is 6.22. The first-order valence-electron chi connectivity index (χ1n) is 4.28. The number of halogens is 1. The van der Waals surface area contributed by atoms with Crippen LogP contribution >= 0.6 is 11.6 Å². The minimum absolute atomic E-state index is 0.565. The maximum atomic E-state index is 7.39. The second-order valence-electron chi connectivity index (χ2n) is 2.81. The molecule has 0 fully saturated rings. The number of hydrogen-bond acceptors (Lipinski definition) is 1. The van der Waals surface area contributed by atoms with Crippen LogP contribution in [-0.4, -0.2) is 5.84 Å². The molecule has 0 saturated carbocycles. The van der Waals surface area contributed by atoms with Crippen molar-refractivity contribution in [3.8, 4) is 0 Å². The van der Waals surface area contributed by atoms with E-state index in [-0.39, 0.29) is 0 Å². The largest absolute Gasteiger partial charge is 0.370 e. The van der Waals surface area contributed by atoms with E-state index in [1.54, 1.807) is 0 Å². The quantitative estimate of drug-likeness (QED) is 0.566. The van der Waals surface area contributed by atoms with Crippen molar-refractivity contribution in [2.24, 2.45) is 0 Å². The Balaban J connectivity index is 2.46. The summed E-state index contributed by atoms with van der Waals surface area (Å²) in [6, 6.07) is 7.62. The number of amidine groups is 1. The van der Waals surface area contributed by atoms with Gasteiger partial charge in [0.15, 0.2) is 0 Å². The molecule has 70 valence electrons. The normalized spacial score (nSPS) is 9.69. The van der Waals surface area contributed by atoms with Crippen molar-refractivity contribution in [2.45, 2.75) is 19.9 Å². The van der Waals surface area contributed by atoms with E-state index in [0.29, 0.717) is 12.4 Å². The molecule has 0 aliphatic carbocycles. The van der Waals surface area contributed by atoms with E-state index in [1.165, 1.54) is 0 Å². The molecule has 0 aliphatic rings.